The molecule has 5 nitrogen and oxygen atoms in total. The fourth-order valence-corrected chi connectivity index (χ4v) is 3.34. The van der Waals surface area contributed by atoms with Gasteiger partial charge in [0.05, 0.1) is 0 Å². The number of aliphatic carboxylic acids is 1. The van der Waals surface area contributed by atoms with Gasteiger partial charge in [0.2, 0.25) is 0 Å². The quantitative estimate of drug-likeness (QED) is 0.821. The molecule has 0 amide bonds. The van der Waals surface area contributed by atoms with Crippen LogP contribution in [0.15, 0.2) is 12.4 Å². The zero-order valence-electron chi connectivity index (χ0n) is 11.7. The van der Waals surface area contributed by atoms with E-state index in [2.05, 4.69) is 21.8 Å². The van der Waals surface area contributed by atoms with E-state index in [1.165, 1.54) is 0 Å². The Bertz CT molecular complexity index is 444. The number of aromatic nitrogens is 2. The Morgan fingerprint density at radius 1 is 1.68 bits per heavy atom. The number of nitrogens with one attached hydrogen (secondary N) is 1. The minimum atomic E-state index is -0.729. The molecule has 1 aromatic rings. The van der Waals surface area contributed by atoms with E-state index >= 15 is 0 Å². The molecule has 1 aromatic heterocycles. The minimum absolute atomic E-state index is 0.196. The zero-order chi connectivity index (χ0) is 13.9. The van der Waals surface area contributed by atoms with Gasteiger partial charge < -0.3 is 15.0 Å². The molecule has 1 fully saturated rings. The molecule has 1 saturated carbocycles. The predicted octanol–water partition coefficient (Wildman–Crippen LogP) is 1.68. The lowest BCUT2D eigenvalue weighted by Gasteiger charge is -2.31. The van der Waals surface area contributed by atoms with E-state index in [4.69, 9.17) is 0 Å². The maximum Gasteiger partial charge on any atom is 0.324 e. The van der Waals surface area contributed by atoms with Crippen molar-refractivity contribution in [3.63, 3.8) is 0 Å². The van der Waals surface area contributed by atoms with Crippen molar-refractivity contribution in [3.8, 4) is 0 Å². The van der Waals surface area contributed by atoms with Crippen LogP contribution in [0.25, 0.3) is 0 Å². The van der Waals surface area contributed by atoms with Crippen molar-refractivity contribution < 1.29 is 9.90 Å². The molecule has 0 spiro atoms. The van der Waals surface area contributed by atoms with Crippen LogP contribution in [0.1, 0.15) is 38.4 Å². The third kappa shape index (κ3) is 2.52. The lowest BCUT2D eigenvalue weighted by molar-refractivity contribution is -0.146. The van der Waals surface area contributed by atoms with E-state index < -0.39 is 11.5 Å². The van der Waals surface area contributed by atoms with E-state index in [0.29, 0.717) is 0 Å². The third-order valence-electron chi connectivity index (χ3n) is 4.48. The molecule has 0 aliphatic heterocycles. The molecule has 106 valence electrons. The van der Waals surface area contributed by atoms with Crippen molar-refractivity contribution in [1.82, 2.24) is 14.9 Å². The number of hydrogen-bond donors (Lipinski definition) is 2. The summed E-state index contributed by atoms with van der Waals surface area (Å²) in [6, 6.07) is 0. The first-order valence-corrected chi connectivity index (χ1v) is 7.06. The van der Waals surface area contributed by atoms with Crippen LogP contribution in [-0.2, 0) is 17.8 Å². The second-order valence-corrected chi connectivity index (χ2v) is 5.29. The summed E-state index contributed by atoms with van der Waals surface area (Å²) in [4.78, 5) is 15.9. The number of nitrogens with zero attached hydrogens (tertiary/aromatic N) is 2. The van der Waals surface area contributed by atoms with Crippen LogP contribution < -0.4 is 5.32 Å². The average Bonchev–Trinajstić information content (AvgIpc) is 3.02. The van der Waals surface area contributed by atoms with Gasteiger partial charge in [-0.05, 0) is 32.2 Å². The summed E-state index contributed by atoms with van der Waals surface area (Å²) in [7, 11) is 1.77. The molecule has 19 heavy (non-hydrogen) atoms. The molecule has 1 aliphatic carbocycles. The summed E-state index contributed by atoms with van der Waals surface area (Å²) >= 11 is 0. The van der Waals surface area contributed by atoms with Crippen molar-refractivity contribution in [2.75, 3.05) is 7.05 Å². The smallest absolute Gasteiger partial charge is 0.324 e. The van der Waals surface area contributed by atoms with Crippen molar-refractivity contribution in [3.05, 3.63) is 18.2 Å². The van der Waals surface area contributed by atoms with Gasteiger partial charge in [-0.2, -0.15) is 0 Å². The summed E-state index contributed by atoms with van der Waals surface area (Å²) < 4.78 is 2.14. The first-order valence-electron chi connectivity index (χ1n) is 7.06. The molecule has 0 aromatic carbocycles. The minimum Gasteiger partial charge on any atom is -0.480 e. The van der Waals surface area contributed by atoms with Gasteiger partial charge in [0, 0.05) is 25.4 Å². The van der Waals surface area contributed by atoms with Gasteiger partial charge >= 0.3 is 5.97 Å². The topological polar surface area (TPSA) is 67.2 Å². The van der Waals surface area contributed by atoms with Gasteiger partial charge in [-0.1, -0.05) is 13.3 Å². The van der Waals surface area contributed by atoms with Crippen molar-refractivity contribution >= 4 is 5.97 Å². The monoisotopic (exact) mass is 265 g/mol. The largest absolute Gasteiger partial charge is 0.480 e. The number of imidazole rings is 1. The molecule has 5 heteroatoms. The van der Waals surface area contributed by atoms with Crippen LogP contribution in [0, 0.1) is 5.92 Å². The van der Waals surface area contributed by atoms with E-state index in [1.54, 1.807) is 7.05 Å². The standard InChI is InChI=1S/C14H23N3O2/c1-3-12-16-8-10-17(12)9-6-11-5-4-7-14(11,15-2)13(18)19/h8,10-11,15H,3-7,9H2,1-2H3,(H,18,19). The van der Waals surface area contributed by atoms with E-state index in [-0.39, 0.29) is 5.92 Å². The second kappa shape index (κ2) is 5.74. The Morgan fingerprint density at radius 2 is 2.47 bits per heavy atom. The number of carboxylic acid groups (broad SMARTS) is 1. The first kappa shape index (κ1) is 14.1. The van der Waals surface area contributed by atoms with E-state index in [9.17, 15) is 9.90 Å². The van der Waals surface area contributed by atoms with Crippen molar-refractivity contribution in [2.24, 2.45) is 5.92 Å². The van der Waals surface area contributed by atoms with E-state index in [1.807, 2.05) is 12.4 Å². The highest BCUT2D eigenvalue weighted by Gasteiger charge is 2.47. The number of hydrogen-bond acceptors (Lipinski definition) is 3. The average molecular weight is 265 g/mol. The maximum atomic E-state index is 11.6. The Balaban J connectivity index is 2.04. The molecule has 2 unspecified atom stereocenters. The van der Waals surface area contributed by atoms with Gasteiger partial charge in [0.15, 0.2) is 0 Å². The molecule has 0 bridgehead atoms. The van der Waals surface area contributed by atoms with Gasteiger partial charge in [-0.3, -0.25) is 4.79 Å². The zero-order valence-corrected chi connectivity index (χ0v) is 11.7. The predicted molar refractivity (Wildman–Crippen MR) is 73.0 cm³/mol. The molecule has 1 heterocycles. The molecule has 0 saturated heterocycles. The summed E-state index contributed by atoms with van der Waals surface area (Å²) in [5.74, 6) is 0.560. The van der Waals surface area contributed by atoms with Crippen molar-refractivity contribution in [1.29, 1.82) is 0 Å². The summed E-state index contributed by atoms with van der Waals surface area (Å²) in [6.45, 7) is 2.94. The number of carboxylic acids is 1. The number of likely N-dealkylation sites (N-methyl/N-ethyl adjacent to an activating group) is 1. The van der Waals surface area contributed by atoms with Crippen LogP contribution in [0.4, 0.5) is 0 Å². The van der Waals surface area contributed by atoms with Crippen LogP contribution in [0.5, 0.6) is 0 Å². The number of aryl methyl sites for hydroxylation is 2. The molecule has 2 N–H and O–H groups in total. The Morgan fingerprint density at radius 3 is 3.11 bits per heavy atom. The molecule has 2 atom stereocenters. The highest BCUT2D eigenvalue weighted by Crippen LogP contribution is 2.38. The fraction of sp³-hybridized carbons (Fsp3) is 0.714. The van der Waals surface area contributed by atoms with Gasteiger partial charge in [-0.15, -0.1) is 0 Å². The van der Waals surface area contributed by atoms with Crippen LogP contribution in [0.2, 0.25) is 0 Å². The molecule has 1 aliphatic rings. The van der Waals surface area contributed by atoms with Gasteiger partial charge in [-0.25, -0.2) is 4.98 Å². The normalized spacial score (nSPS) is 26.7. The molecule has 2 rings (SSSR count). The Hall–Kier alpha value is -1.36. The maximum absolute atomic E-state index is 11.6. The lowest BCUT2D eigenvalue weighted by Crippen LogP contribution is -2.53. The Labute approximate surface area is 114 Å². The van der Waals surface area contributed by atoms with Gasteiger partial charge in [0.1, 0.15) is 11.4 Å². The van der Waals surface area contributed by atoms with Crippen molar-refractivity contribution in [2.45, 2.75) is 51.1 Å². The van der Waals surface area contributed by atoms with Crippen LogP contribution >= 0.6 is 0 Å². The number of carbonyl (C=O) groups is 1. The van der Waals surface area contributed by atoms with Gasteiger partial charge in [0.25, 0.3) is 0 Å². The summed E-state index contributed by atoms with van der Waals surface area (Å²) in [5.41, 5.74) is -0.729. The molecule has 0 radical (unpaired) electrons. The lowest BCUT2D eigenvalue weighted by atomic mass is 9.84. The summed E-state index contributed by atoms with van der Waals surface area (Å²) in [6.07, 6.45) is 8.30. The Kier molecular flexibility index (Phi) is 4.24. The fourth-order valence-electron chi connectivity index (χ4n) is 3.34. The highest BCUT2D eigenvalue weighted by molar-refractivity contribution is 5.79. The SMILES string of the molecule is CCc1nccn1CCC1CCCC1(NC)C(=O)O. The summed E-state index contributed by atoms with van der Waals surface area (Å²) in [5, 5.41) is 12.6. The first-order chi connectivity index (χ1) is 9.14. The second-order valence-electron chi connectivity index (χ2n) is 5.29. The molecular formula is C14H23N3O2. The van der Waals surface area contributed by atoms with Crippen LogP contribution in [-0.4, -0.2) is 33.2 Å². The highest BCUT2D eigenvalue weighted by atomic mass is 16.4. The van der Waals surface area contributed by atoms with Crippen LogP contribution in [0.3, 0.4) is 0 Å². The number of rotatable bonds is 6. The molecular weight excluding hydrogens is 242 g/mol. The van der Waals surface area contributed by atoms with E-state index in [0.717, 1.165) is 44.5 Å². The third-order valence-corrected chi connectivity index (χ3v) is 4.48.